The van der Waals surface area contributed by atoms with Gasteiger partial charge in [0.15, 0.2) is 0 Å². The van der Waals surface area contributed by atoms with Crippen LogP contribution in [0, 0.1) is 0 Å². The third-order valence-corrected chi connectivity index (χ3v) is 3.45. The van der Waals surface area contributed by atoms with Crippen molar-refractivity contribution in [2.45, 2.75) is 45.3 Å². The Morgan fingerprint density at radius 3 is 3.00 bits per heavy atom. The number of rotatable bonds is 5. The number of nitrogens with one attached hydrogen (secondary N) is 1. The Hall–Kier alpha value is -1.75. The molecule has 1 aromatic rings. The zero-order valence-corrected chi connectivity index (χ0v) is 12.9. The molecule has 1 aromatic carbocycles. The third-order valence-electron chi connectivity index (χ3n) is 3.45. The van der Waals surface area contributed by atoms with Gasteiger partial charge in [-0.1, -0.05) is 6.07 Å². The molecule has 0 bridgehead atoms. The van der Waals surface area contributed by atoms with E-state index in [1.807, 2.05) is 39.0 Å². The summed E-state index contributed by atoms with van der Waals surface area (Å²) in [4.78, 5) is 11.4. The van der Waals surface area contributed by atoms with E-state index in [9.17, 15) is 4.79 Å². The fourth-order valence-corrected chi connectivity index (χ4v) is 2.53. The second kappa shape index (κ2) is 6.35. The minimum Gasteiger partial charge on any atom is -0.493 e. The van der Waals surface area contributed by atoms with Crippen LogP contribution in [0.1, 0.15) is 45.2 Å². The SMILES string of the molecule is CCNC(=O)CCOc1ccc2c(c1)OC(C)(C)CC2N. The van der Waals surface area contributed by atoms with Crippen LogP contribution in [0.15, 0.2) is 18.2 Å². The predicted octanol–water partition coefficient (Wildman–Crippen LogP) is 2.15. The maximum Gasteiger partial charge on any atom is 0.223 e. The number of benzene rings is 1. The molecule has 1 amide bonds. The summed E-state index contributed by atoms with van der Waals surface area (Å²) in [6, 6.07) is 5.65. The summed E-state index contributed by atoms with van der Waals surface area (Å²) in [5.41, 5.74) is 6.90. The number of fused-ring (bicyclic) bond motifs is 1. The Labute approximate surface area is 125 Å². The van der Waals surface area contributed by atoms with Gasteiger partial charge in [-0.15, -0.1) is 0 Å². The van der Waals surface area contributed by atoms with Gasteiger partial charge in [0.05, 0.1) is 13.0 Å². The van der Waals surface area contributed by atoms with E-state index in [4.69, 9.17) is 15.2 Å². The summed E-state index contributed by atoms with van der Waals surface area (Å²) in [6.07, 6.45) is 1.13. The van der Waals surface area contributed by atoms with Crippen molar-refractivity contribution in [3.05, 3.63) is 23.8 Å². The summed E-state index contributed by atoms with van der Waals surface area (Å²) < 4.78 is 11.6. The minimum atomic E-state index is -0.272. The highest BCUT2D eigenvalue weighted by molar-refractivity contribution is 5.75. The van der Waals surface area contributed by atoms with Gasteiger partial charge in [-0.2, -0.15) is 0 Å². The first kappa shape index (κ1) is 15.6. The van der Waals surface area contributed by atoms with Gasteiger partial charge >= 0.3 is 0 Å². The number of carbonyl (C=O) groups excluding carboxylic acids is 1. The Kier molecular flexibility index (Phi) is 4.73. The summed E-state index contributed by atoms with van der Waals surface area (Å²) in [6.45, 7) is 6.93. The fourth-order valence-electron chi connectivity index (χ4n) is 2.53. The van der Waals surface area contributed by atoms with Gasteiger partial charge in [0.1, 0.15) is 17.1 Å². The summed E-state index contributed by atoms with van der Waals surface area (Å²) >= 11 is 0. The van der Waals surface area contributed by atoms with E-state index < -0.39 is 0 Å². The smallest absolute Gasteiger partial charge is 0.223 e. The molecule has 0 saturated heterocycles. The Morgan fingerprint density at radius 2 is 2.29 bits per heavy atom. The van der Waals surface area contributed by atoms with Crippen LogP contribution in [0.5, 0.6) is 11.5 Å². The molecule has 0 radical (unpaired) electrons. The van der Waals surface area contributed by atoms with Gasteiger partial charge < -0.3 is 20.5 Å². The normalized spacial score (nSPS) is 19.3. The second-order valence-corrected chi connectivity index (χ2v) is 5.92. The number of carbonyl (C=O) groups is 1. The first-order valence-corrected chi connectivity index (χ1v) is 7.39. The maximum atomic E-state index is 11.4. The average molecular weight is 292 g/mol. The van der Waals surface area contributed by atoms with Crippen LogP contribution in [-0.2, 0) is 4.79 Å². The zero-order chi connectivity index (χ0) is 15.5. The highest BCUT2D eigenvalue weighted by Gasteiger charge is 2.31. The van der Waals surface area contributed by atoms with Gasteiger partial charge in [0, 0.05) is 30.6 Å². The number of amides is 1. The molecule has 3 N–H and O–H groups in total. The molecule has 1 atom stereocenters. The molecule has 116 valence electrons. The number of hydrogen-bond acceptors (Lipinski definition) is 4. The first-order chi connectivity index (χ1) is 9.91. The van der Waals surface area contributed by atoms with E-state index in [0.717, 1.165) is 17.7 Å². The number of hydrogen-bond donors (Lipinski definition) is 2. The van der Waals surface area contributed by atoms with Crippen molar-refractivity contribution in [1.29, 1.82) is 0 Å². The van der Waals surface area contributed by atoms with Gasteiger partial charge in [0.25, 0.3) is 0 Å². The Morgan fingerprint density at radius 1 is 1.52 bits per heavy atom. The van der Waals surface area contributed by atoms with E-state index in [-0.39, 0.29) is 17.6 Å². The molecule has 21 heavy (non-hydrogen) atoms. The molecule has 0 spiro atoms. The van der Waals surface area contributed by atoms with Crippen LogP contribution < -0.4 is 20.5 Å². The van der Waals surface area contributed by atoms with Gasteiger partial charge in [0.2, 0.25) is 5.91 Å². The predicted molar refractivity (Wildman–Crippen MR) is 81.5 cm³/mol. The lowest BCUT2D eigenvalue weighted by molar-refractivity contribution is -0.121. The van der Waals surface area contributed by atoms with Crippen molar-refractivity contribution in [1.82, 2.24) is 5.32 Å². The quantitative estimate of drug-likeness (QED) is 0.872. The average Bonchev–Trinajstić information content (AvgIpc) is 2.37. The molecule has 0 fully saturated rings. The summed E-state index contributed by atoms with van der Waals surface area (Å²) in [7, 11) is 0. The summed E-state index contributed by atoms with van der Waals surface area (Å²) in [5.74, 6) is 1.46. The molecule has 1 aliphatic heterocycles. The fraction of sp³-hybridized carbons (Fsp3) is 0.562. The van der Waals surface area contributed by atoms with Crippen LogP contribution in [-0.4, -0.2) is 24.7 Å². The van der Waals surface area contributed by atoms with E-state index >= 15 is 0 Å². The number of ether oxygens (including phenoxy) is 2. The largest absolute Gasteiger partial charge is 0.493 e. The van der Waals surface area contributed by atoms with E-state index in [0.29, 0.717) is 25.3 Å². The van der Waals surface area contributed by atoms with Crippen molar-refractivity contribution < 1.29 is 14.3 Å². The lowest BCUT2D eigenvalue weighted by Gasteiger charge is -2.36. The highest BCUT2D eigenvalue weighted by Crippen LogP contribution is 2.39. The molecule has 0 aliphatic carbocycles. The van der Waals surface area contributed by atoms with E-state index in [1.165, 1.54) is 0 Å². The molecule has 2 rings (SSSR count). The molecule has 5 heteroatoms. The van der Waals surface area contributed by atoms with Gasteiger partial charge in [-0.05, 0) is 26.8 Å². The van der Waals surface area contributed by atoms with Crippen LogP contribution in [0.2, 0.25) is 0 Å². The van der Waals surface area contributed by atoms with Crippen molar-refractivity contribution in [2.24, 2.45) is 5.73 Å². The van der Waals surface area contributed by atoms with Crippen LogP contribution in [0.25, 0.3) is 0 Å². The minimum absolute atomic E-state index is 0.00475. The second-order valence-electron chi connectivity index (χ2n) is 5.92. The van der Waals surface area contributed by atoms with E-state index in [2.05, 4.69) is 5.32 Å². The van der Waals surface area contributed by atoms with Gasteiger partial charge in [-0.25, -0.2) is 0 Å². The van der Waals surface area contributed by atoms with Crippen molar-refractivity contribution in [2.75, 3.05) is 13.2 Å². The molecule has 0 saturated carbocycles. The summed E-state index contributed by atoms with van der Waals surface area (Å²) in [5, 5.41) is 2.74. The Bertz CT molecular complexity index is 514. The lowest BCUT2D eigenvalue weighted by Crippen LogP contribution is -2.37. The van der Waals surface area contributed by atoms with Crippen LogP contribution in [0.3, 0.4) is 0 Å². The van der Waals surface area contributed by atoms with Crippen LogP contribution in [0.4, 0.5) is 0 Å². The molecule has 5 nitrogen and oxygen atoms in total. The van der Waals surface area contributed by atoms with E-state index in [1.54, 1.807) is 0 Å². The molecule has 1 unspecified atom stereocenters. The molecule has 1 heterocycles. The maximum absolute atomic E-state index is 11.4. The highest BCUT2D eigenvalue weighted by atomic mass is 16.5. The third kappa shape index (κ3) is 4.11. The number of nitrogens with two attached hydrogens (primary N) is 1. The lowest BCUT2D eigenvalue weighted by atomic mass is 9.90. The zero-order valence-electron chi connectivity index (χ0n) is 12.9. The molecular formula is C16H24N2O3. The topological polar surface area (TPSA) is 73.6 Å². The molecule has 0 aromatic heterocycles. The van der Waals surface area contributed by atoms with Crippen molar-refractivity contribution in [3.63, 3.8) is 0 Å². The van der Waals surface area contributed by atoms with Crippen LogP contribution >= 0.6 is 0 Å². The standard InChI is InChI=1S/C16H24N2O3/c1-4-18-15(19)7-8-20-11-5-6-12-13(17)10-16(2,3)21-14(12)9-11/h5-6,9,13H,4,7-8,10,17H2,1-3H3,(H,18,19). The van der Waals surface area contributed by atoms with Crippen molar-refractivity contribution >= 4 is 5.91 Å². The monoisotopic (exact) mass is 292 g/mol. The molecule has 1 aliphatic rings. The molecular weight excluding hydrogens is 268 g/mol. The van der Waals surface area contributed by atoms with Gasteiger partial charge in [-0.3, -0.25) is 4.79 Å². The Balaban J connectivity index is 1.99. The first-order valence-electron chi connectivity index (χ1n) is 7.39. The van der Waals surface area contributed by atoms with Crippen molar-refractivity contribution in [3.8, 4) is 11.5 Å².